The maximum absolute atomic E-state index is 15.5. The number of likely N-dealkylation sites (tertiary alicyclic amines) is 1. The van der Waals surface area contributed by atoms with Gasteiger partial charge in [0.05, 0.1) is 6.04 Å². The highest BCUT2D eigenvalue weighted by atomic mass is 32.2. The van der Waals surface area contributed by atoms with Crippen LogP contribution in [-0.2, 0) is 21.2 Å². The minimum absolute atomic E-state index is 0.0169. The third-order valence-corrected chi connectivity index (χ3v) is 7.76. The average Bonchev–Trinajstić information content (AvgIpc) is 3.54. The van der Waals surface area contributed by atoms with Gasteiger partial charge in [0.15, 0.2) is 6.10 Å². The van der Waals surface area contributed by atoms with Crippen molar-refractivity contribution in [3.63, 3.8) is 0 Å². The molecule has 1 spiro atoms. The summed E-state index contributed by atoms with van der Waals surface area (Å²) >= 11 is 0. The third-order valence-electron chi connectivity index (χ3n) is 6.71. The molecule has 1 saturated heterocycles. The number of aliphatic hydroxyl groups is 1. The standard InChI is InChI=1S/C23H23F5N2O4S/c24-11-18(31)21(32)30-12-23(7-8-23)20(29-35(33,34)22(27)28)17(30)10-14-4-2-6-16(19(14)26)13-3-1-5-15(25)9-13/h1-6,9,17-18,20,22,29,31H,7-8,10-12H2/t17-,18?,20+/m0/s1. The van der Waals surface area contributed by atoms with E-state index in [0.29, 0.717) is 12.8 Å². The second-order valence-electron chi connectivity index (χ2n) is 8.96. The van der Waals surface area contributed by atoms with E-state index < -0.39 is 63.6 Å². The number of carbonyl (C=O) groups is 1. The highest BCUT2D eigenvalue weighted by Gasteiger charge is 2.62. The summed E-state index contributed by atoms with van der Waals surface area (Å²) in [6.45, 7) is -1.50. The van der Waals surface area contributed by atoms with Gasteiger partial charge < -0.3 is 10.0 Å². The molecular weight excluding hydrogens is 495 g/mol. The molecule has 3 atom stereocenters. The van der Waals surface area contributed by atoms with Gasteiger partial charge >= 0.3 is 5.76 Å². The van der Waals surface area contributed by atoms with Gasteiger partial charge in [0.2, 0.25) is 0 Å². The lowest BCUT2D eigenvalue weighted by atomic mass is 9.91. The number of halogens is 5. The van der Waals surface area contributed by atoms with Crippen LogP contribution in [0.1, 0.15) is 18.4 Å². The molecule has 1 heterocycles. The van der Waals surface area contributed by atoms with Crippen LogP contribution < -0.4 is 4.72 Å². The Kier molecular flexibility index (Phi) is 6.91. The highest BCUT2D eigenvalue weighted by molar-refractivity contribution is 7.89. The Morgan fingerprint density at radius 1 is 1.17 bits per heavy atom. The molecule has 6 nitrogen and oxygen atoms in total. The summed E-state index contributed by atoms with van der Waals surface area (Å²) in [6.07, 6.45) is -1.53. The molecule has 1 aliphatic heterocycles. The fourth-order valence-electron chi connectivity index (χ4n) is 4.77. The number of alkyl halides is 3. The van der Waals surface area contributed by atoms with Crippen LogP contribution in [0.4, 0.5) is 22.0 Å². The van der Waals surface area contributed by atoms with Gasteiger partial charge in [0, 0.05) is 23.6 Å². The molecule has 2 N–H and O–H groups in total. The second kappa shape index (κ2) is 9.47. The molecule has 0 bridgehead atoms. The van der Waals surface area contributed by atoms with E-state index in [2.05, 4.69) is 0 Å². The number of aliphatic hydroxyl groups excluding tert-OH is 1. The van der Waals surface area contributed by atoms with Crippen LogP contribution in [0.15, 0.2) is 42.5 Å². The van der Waals surface area contributed by atoms with Gasteiger partial charge in [-0.05, 0) is 42.5 Å². The van der Waals surface area contributed by atoms with Crippen molar-refractivity contribution in [3.8, 4) is 11.1 Å². The Morgan fingerprint density at radius 2 is 1.86 bits per heavy atom. The lowest BCUT2D eigenvalue weighted by molar-refractivity contribution is -0.142. The zero-order valence-corrected chi connectivity index (χ0v) is 19.1. The van der Waals surface area contributed by atoms with E-state index in [1.807, 2.05) is 4.72 Å². The van der Waals surface area contributed by atoms with Crippen molar-refractivity contribution >= 4 is 15.9 Å². The van der Waals surface area contributed by atoms with E-state index in [9.17, 15) is 35.9 Å². The number of benzene rings is 2. The summed E-state index contributed by atoms with van der Waals surface area (Å²) in [5.74, 6) is -6.11. The topological polar surface area (TPSA) is 86.7 Å². The molecule has 1 aliphatic carbocycles. The number of rotatable bonds is 8. The Bertz CT molecular complexity index is 1220. The van der Waals surface area contributed by atoms with E-state index >= 15 is 4.39 Å². The van der Waals surface area contributed by atoms with Gasteiger partial charge in [-0.25, -0.2) is 26.3 Å². The fraction of sp³-hybridized carbons (Fsp3) is 0.435. The van der Waals surface area contributed by atoms with Crippen molar-refractivity contribution in [2.75, 3.05) is 13.2 Å². The molecule has 1 amide bonds. The maximum atomic E-state index is 15.5. The van der Waals surface area contributed by atoms with Gasteiger partial charge in [-0.1, -0.05) is 30.3 Å². The van der Waals surface area contributed by atoms with E-state index in [0.717, 1.165) is 11.0 Å². The molecule has 190 valence electrons. The minimum Gasteiger partial charge on any atom is -0.381 e. The molecule has 1 unspecified atom stereocenters. The monoisotopic (exact) mass is 518 g/mol. The summed E-state index contributed by atoms with van der Waals surface area (Å²) in [7, 11) is -5.07. The van der Waals surface area contributed by atoms with E-state index in [1.165, 1.54) is 36.4 Å². The summed E-state index contributed by atoms with van der Waals surface area (Å²) in [5, 5.41) is 9.81. The first-order valence-electron chi connectivity index (χ1n) is 10.9. The first-order chi connectivity index (χ1) is 16.5. The summed E-state index contributed by atoms with van der Waals surface area (Å²) < 4.78 is 94.6. The number of hydrogen-bond acceptors (Lipinski definition) is 4. The molecule has 2 aromatic rings. The first-order valence-corrected chi connectivity index (χ1v) is 12.4. The normalized spacial score (nSPS) is 22.1. The van der Waals surface area contributed by atoms with Crippen LogP contribution in [-0.4, -0.2) is 61.5 Å². The van der Waals surface area contributed by atoms with Crippen molar-refractivity contribution in [1.29, 1.82) is 0 Å². The smallest absolute Gasteiger partial charge is 0.350 e. The molecule has 12 heteroatoms. The molecular formula is C23H23F5N2O4S. The zero-order chi connectivity index (χ0) is 25.5. The number of sulfonamides is 1. The largest absolute Gasteiger partial charge is 0.381 e. The van der Waals surface area contributed by atoms with Gasteiger partial charge in [0.1, 0.15) is 18.3 Å². The molecule has 2 aromatic carbocycles. The maximum Gasteiger partial charge on any atom is 0.350 e. The quantitative estimate of drug-likeness (QED) is 0.527. The van der Waals surface area contributed by atoms with Crippen LogP contribution in [0.3, 0.4) is 0 Å². The molecule has 4 rings (SSSR count). The SMILES string of the molecule is O=C(C(O)CF)N1CC2(CC2)[C@H](NS(=O)(=O)C(F)F)[C@@H]1Cc1cccc(-c2cccc(F)c2)c1F. The predicted molar refractivity (Wildman–Crippen MR) is 116 cm³/mol. The number of amides is 1. The van der Waals surface area contributed by atoms with Crippen LogP contribution in [0.25, 0.3) is 11.1 Å². The van der Waals surface area contributed by atoms with Crippen LogP contribution in [0, 0.1) is 17.0 Å². The molecule has 35 heavy (non-hydrogen) atoms. The number of hydrogen-bond donors (Lipinski definition) is 2. The minimum atomic E-state index is -5.07. The third kappa shape index (κ3) is 4.91. The van der Waals surface area contributed by atoms with Gasteiger partial charge in [0.25, 0.3) is 15.9 Å². The lowest BCUT2D eigenvalue weighted by Crippen LogP contribution is -2.52. The van der Waals surface area contributed by atoms with E-state index in [1.54, 1.807) is 0 Å². The molecule has 2 fully saturated rings. The van der Waals surface area contributed by atoms with Crippen LogP contribution in [0.5, 0.6) is 0 Å². The number of carbonyl (C=O) groups excluding carboxylic acids is 1. The molecule has 2 aliphatic rings. The summed E-state index contributed by atoms with van der Waals surface area (Å²) in [5.41, 5.74) is -0.574. The Labute approximate surface area is 198 Å². The summed E-state index contributed by atoms with van der Waals surface area (Å²) in [6, 6.07) is 7.13. The van der Waals surface area contributed by atoms with Crippen molar-refractivity contribution in [1.82, 2.24) is 9.62 Å². The lowest BCUT2D eigenvalue weighted by Gasteiger charge is -2.30. The predicted octanol–water partition coefficient (Wildman–Crippen LogP) is 3.01. The van der Waals surface area contributed by atoms with E-state index in [-0.39, 0.29) is 29.7 Å². The molecule has 0 aromatic heterocycles. The Morgan fingerprint density at radius 3 is 2.46 bits per heavy atom. The van der Waals surface area contributed by atoms with Crippen LogP contribution >= 0.6 is 0 Å². The molecule has 1 saturated carbocycles. The van der Waals surface area contributed by atoms with Crippen LogP contribution in [0.2, 0.25) is 0 Å². The number of nitrogens with one attached hydrogen (secondary N) is 1. The van der Waals surface area contributed by atoms with Crippen molar-refractivity contribution in [3.05, 3.63) is 59.7 Å². The molecule has 0 radical (unpaired) electrons. The van der Waals surface area contributed by atoms with Crippen molar-refractivity contribution in [2.45, 2.75) is 43.2 Å². The first kappa shape index (κ1) is 25.5. The van der Waals surface area contributed by atoms with Crippen molar-refractivity contribution in [2.24, 2.45) is 5.41 Å². The van der Waals surface area contributed by atoms with Crippen molar-refractivity contribution < 1.29 is 40.3 Å². The van der Waals surface area contributed by atoms with E-state index in [4.69, 9.17) is 0 Å². The van der Waals surface area contributed by atoms with Gasteiger partial charge in [-0.15, -0.1) is 0 Å². The highest BCUT2D eigenvalue weighted by Crippen LogP contribution is 2.55. The van der Waals surface area contributed by atoms with Gasteiger partial charge in [-0.2, -0.15) is 8.78 Å². The fourth-order valence-corrected chi connectivity index (χ4v) is 5.64. The second-order valence-corrected chi connectivity index (χ2v) is 10.6. The van der Waals surface area contributed by atoms with Gasteiger partial charge in [-0.3, -0.25) is 4.79 Å². The Balaban J connectivity index is 1.74. The average molecular weight is 519 g/mol. The zero-order valence-electron chi connectivity index (χ0n) is 18.3. The Hall–Kier alpha value is -2.57. The summed E-state index contributed by atoms with van der Waals surface area (Å²) in [4.78, 5) is 13.8. The number of nitrogens with zero attached hydrogens (tertiary/aromatic N) is 1.